The van der Waals surface area contributed by atoms with Crippen LogP contribution in [0.4, 0.5) is 5.69 Å². The minimum absolute atomic E-state index is 0.00261. The first-order chi connectivity index (χ1) is 11.7. The molecule has 0 unspecified atom stereocenters. The van der Waals surface area contributed by atoms with Crippen molar-refractivity contribution in [2.24, 2.45) is 0 Å². The third kappa shape index (κ3) is 4.97. The second-order valence-electron chi connectivity index (χ2n) is 7.75. The topological polar surface area (TPSA) is 58.6 Å². The Labute approximate surface area is 150 Å². The third-order valence-electron chi connectivity index (χ3n) is 4.57. The number of rotatable bonds is 6. The van der Waals surface area contributed by atoms with Gasteiger partial charge in [0.2, 0.25) is 5.91 Å². The summed E-state index contributed by atoms with van der Waals surface area (Å²) in [4.78, 5) is 26.0. The Kier molecular flexibility index (Phi) is 6.09. The number of nitrogens with zero attached hydrogens (tertiary/aromatic N) is 1. The molecule has 1 N–H and O–H groups in total. The van der Waals surface area contributed by atoms with Gasteiger partial charge < -0.3 is 15.0 Å². The number of hydrogen-bond acceptors (Lipinski definition) is 3. The van der Waals surface area contributed by atoms with Crippen molar-refractivity contribution in [3.8, 4) is 5.75 Å². The summed E-state index contributed by atoms with van der Waals surface area (Å²) in [6.45, 7) is 11.0. The maximum atomic E-state index is 12.3. The highest BCUT2D eigenvalue weighted by molar-refractivity contribution is 5.98. The van der Waals surface area contributed by atoms with Crippen LogP contribution < -0.4 is 15.0 Å². The van der Waals surface area contributed by atoms with Crippen LogP contribution in [0.5, 0.6) is 5.75 Å². The van der Waals surface area contributed by atoms with E-state index in [1.165, 1.54) is 0 Å². The largest absolute Gasteiger partial charge is 0.482 e. The summed E-state index contributed by atoms with van der Waals surface area (Å²) in [6, 6.07) is 6.20. The fourth-order valence-corrected chi connectivity index (χ4v) is 2.76. The normalized spacial score (nSPS) is 15.4. The van der Waals surface area contributed by atoms with Crippen molar-refractivity contribution in [2.75, 3.05) is 18.1 Å². The Bertz CT molecular complexity index is 634. The summed E-state index contributed by atoms with van der Waals surface area (Å²) >= 11 is 0. The van der Waals surface area contributed by atoms with E-state index < -0.39 is 0 Å². The number of fused-ring (bicyclic) bond motifs is 1. The number of hydrogen-bond donors (Lipinski definition) is 1. The summed E-state index contributed by atoms with van der Waals surface area (Å²) in [7, 11) is 0. The Hall–Kier alpha value is -2.04. The van der Waals surface area contributed by atoms with Crippen LogP contribution in [0.1, 0.15) is 59.4 Å². The molecular weight excluding hydrogens is 316 g/mol. The van der Waals surface area contributed by atoms with E-state index in [1.54, 1.807) is 4.90 Å². The Balaban J connectivity index is 2.06. The van der Waals surface area contributed by atoms with Crippen molar-refractivity contribution < 1.29 is 14.3 Å². The van der Waals surface area contributed by atoms with Crippen molar-refractivity contribution in [3.05, 3.63) is 23.8 Å². The molecule has 25 heavy (non-hydrogen) atoms. The molecule has 0 spiro atoms. The van der Waals surface area contributed by atoms with E-state index in [1.807, 2.05) is 32.0 Å². The van der Waals surface area contributed by atoms with Gasteiger partial charge in [-0.3, -0.25) is 9.59 Å². The van der Waals surface area contributed by atoms with Gasteiger partial charge in [-0.25, -0.2) is 0 Å². The summed E-state index contributed by atoms with van der Waals surface area (Å²) < 4.78 is 5.56. The van der Waals surface area contributed by atoms with Gasteiger partial charge in [0.25, 0.3) is 5.91 Å². The smallest absolute Gasteiger partial charge is 0.265 e. The minimum Gasteiger partial charge on any atom is -0.482 e. The predicted molar refractivity (Wildman–Crippen MR) is 100 cm³/mol. The maximum absolute atomic E-state index is 12.3. The zero-order valence-electron chi connectivity index (χ0n) is 16.0. The lowest BCUT2D eigenvalue weighted by Gasteiger charge is -2.31. The standard InChI is InChI=1S/C20H30N2O3/c1-6-14(2)21-18(23)8-7-11-22-16-12-15(20(3,4)5)9-10-17(16)25-13-19(22)24/h9-10,12,14H,6-8,11,13H2,1-5H3,(H,21,23)/t14-/m1/s1. The zero-order valence-corrected chi connectivity index (χ0v) is 16.0. The van der Waals surface area contributed by atoms with Crippen LogP contribution in [-0.2, 0) is 15.0 Å². The molecule has 5 heteroatoms. The van der Waals surface area contributed by atoms with Crippen molar-refractivity contribution in [3.63, 3.8) is 0 Å². The monoisotopic (exact) mass is 346 g/mol. The van der Waals surface area contributed by atoms with E-state index in [0.717, 1.165) is 23.4 Å². The number of amides is 2. The number of ether oxygens (including phenoxy) is 1. The van der Waals surface area contributed by atoms with Gasteiger partial charge in [0, 0.05) is 19.0 Å². The lowest BCUT2D eigenvalue weighted by atomic mass is 9.86. The summed E-state index contributed by atoms with van der Waals surface area (Å²) in [5.74, 6) is 0.719. The molecule has 0 fully saturated rings. The summed E-state index contributed by atoms with van der Waals surface area (Å²) in [5, 5.41) is 2.96. The quantitative estimate of drug-likeness (QED) is 0.859. The van der Waals surface area contributed by atoms with Crippen molar-refractivity contribution in [1.82, 2.24) is 5.32 Å². The number of carbonyl (C=O) groups is 2. The van der Waals surface area contributed by atoms with E-state index in [-0.39, 0.29) is 29.9 Å². The molecule has 0 radical (unpaired) electrons. The minimum atomic E-state index is -0.0547. The zero-order chi connectivity index (χ0) is 18.6. The molecule has 5 nitrogen and oxygen atoms in total. The van der Waals surface area contributed by atoms with Crippen LogP contribution in [-0.4, -0.2) is 31.0 Å². The van der Waals surface area contributed by atoms with Crippen LogP contribution in [0, 0.1) is 0 Å². The molecule has 1 heterocycles. The fraction of sp³-hybridized carbons (Fsp3) is 0.600. The molecule has 138 valence electrons. The molecule has 1 aliphatic rings. The SMILES string of the molecule is CC[C@@H](C)NC(=O)CCCN1C(=O)COc2ccc(C(C)(C)C)cc21. The molecule has 0 saturated carbocycles. The number of anilines is 1. The van der Waals surface area contributed by atoms with E-state index in [2.05, 4.69) is 26.1 Å². The maximum Gasteiger partial charge on any atom is 0.265 e. The molecule has 1 atom stereocenters. The molecule has 1 aromatic carbocycles. The summed E-state index contributed by atoms with van der Waals surface area (Å²) in [6.07, 6.45) is 1.97. The Morgan fingerprint density at radius 1 is 1.36 bits per heavy atom. The van der Waals surface area contributed by atoms with Crippen LogP contribution in [0.3, 0.4) is 0 Å². The van der Waals surface area contributed by atoms with E-state index in [0.29, 0.717) is 19.4 Å². The predicted octanol–water partition coefficient (Wildman–Crippen LogP) is 3.40. The van der Waals surface area contributed by atoms with Gasteiger partial charge in [-0.1, -0.05) is 33.8 Å². The van der Waals surface area contributed by atoms with Gasteiger partial charge in [-0.15, -0.1) is 0 Å². The Morgan fingerprint density at radius 2 is 2.08 bits per heavy atom. The Morgan fingerprint density at radius 3 is 2.72 bits per heavy atom. The van der Waals surface area contributed by atoms with Gasteiger partial charge in [0.05, 0.1) is 5.69 Å². The number of nitrogens with one attached hydrogen (secondary N) is 1. The van der Waals surface area contributed by atoms with Crippen LogP contribution in [0.2, 0.25) is 0 Å². The molecule has 0 aromatic heterocycles. The second kappa shape index (κ2) is 7.89. The molecule has 1 aliphatic heterocycles. The van der Waals surface area contributed by atoms with Gasteiger partial charge in [0.1, 0.15) is 5.75 Å². The molecule has 2 rings (SSSR count). The van der Waals surface area contributed by atoms with E-state index in [9.17, 15) is 9.59 Å². The van der Waals surface area contributed by atoms with Gasteiger partial charge in [0.15, 0.2) is 6.61 Å². The second-order valence-corrected chi connectivity index (χ2v) is 7.75. The first kappa shape index (κ1) is 19.3. The van der Waals surface area contributed by atoms with Gasteiger partial charge >= 0.3 is 0 Å². The average molecular weight is 346 g/mol. The van der Waals surface area contributed by atoms with Crippen LogP contribution in [0.25, 0.3) is 0 Å². The van der Waals surface area contributed by atoms with Crippen molar-refractivity contribution in [1.29, 1.82) is 0 Å². The molecule has 0 saturated heterocycles. The summed E-state index contributed by atoms with van der Waals surface area (Å²) in [5.41, 5.74) is 1.97. The van der Waals surface area contributed by atoms with Crippen LogP contribution in [0.15, 0.2) is 18.2 Å². The highest BCUT2D eigenvalue weighted by Crippen LogP contribution is 2.36. The lowest BCUT2D eigenvalue weighted by Crippen LogP contribution is -2.40. The van der Waals surface area contributed by atoms with E-state index >= 15 is 0 Å². The molecule has 0 aliphatic carbocycles. The van der Waals surface area contributed by atoms with Gasteiger partial charge in [-0.05, 0) is 42.9 Å². The van der Waals surface area contributed by atoms with Crippen molar-refractivity contribution >= 4 is 17.5 Å². The molecule has 1 aromatic rings. The highest BCUT2D eigenvalue weighted by atomic mass is 16.5. The van der Waals surface area contributed by atoms with Crippen molar-refractivity contribution in [2.45, 2.75) is 65.3 Å². The average Bonchev–Trinajstić information content (AvgIpc) is 2.55. The first-order valence-electron chi connectivity index (χ1n) is 9.09. The lowest BCUT2D eigenvalue weighted by molar-refractivity contribution is -0.123. The number of benzene rings is 1. The highest BCUT2D eigenvalue weighted by Gasteiger charge is 2.27. The molecule has 0 bridgehead atoms. The molecular formula is C20H30N2O3. The van der Waals surface area contributed by atoms with Crippen LogP contribution >= 0.6 is 0 Å². The first-order valence-corrected chi connectivity index (χ1v) is 9.09. The van der Waals surface area contributed by atoms with E-state index in [4.69, 9.17) is 4.74 Å². The fourth-order valence-electron chi connectivity index (χ4n) is 2.76. The third-order valence-corrected chi connectivity index (χ3v) is 4.57. The molecule has 2 amide bonds. The number of carbonyl (C=O) groups excluding carboxylic acids is 2. The van der Waals surface area contributed by atoms with Gasteiger partial charge in [-0.2, -0.15) is 0 Å².